The number of aliphatic hydroxyl groups excluding tert-OH is 1. The van der Waals surface area contributed by atoms with Crippen molar-refractivity contribution in [1.29, 1.82) is 0 Å². The zero-order valence-corrected chi connectivity index (χ0v) is 17.9. The molecule has 4 heterocycles. The maximum atomic E-state index is 15.1. The molecule has 9 heteroatoms. The van der Waals surface area contributed by atoms with Crippen LogP contribution in [0.1, 0.15) is 18.2 Å². The summed E-state index contributed by atoms with van der Waals surface area (Å²) in [6, 6.07) is 3.72. The van der Waals surface area contributed by atoms with E-state index in [4.69, 9.17) is 4.74 Å². The molecule has 2 fully saturated rings. The molecule has 0 aliphatic carbocycles. The predicted molar refractivity (Wildman–Crippen MR) is 116 cm³/mol. The Morgan fingerprint density at radius 2 is 2.10 bits per heavy atom. The van der Waals surface area contributed by atoms with Crippen LogP contribution < -0.4 is 10.2 Å². The Morgan fingerprint density at radius 1 is 1.29 bits per heavy atom. The van der Waals surface area contributed by atoms with Gasteiger partial charge in [0.2, 0.25) is 5.91 Å². The molecule has 1 amide bonds. The normalized spacial score (nSPS) is 22.0. The quantitative estimate of drug-likeness (QED) is 0.755. The number of ether oxygens (including phenoxy) is 1. The third-order valence-electron chi connectivity index (χ3n) is 6.63. The molecule has 2 saturated heterocycles. The van der Waals surface area contributed by atoms with Crippen LogP contribution in [0.4, 0.5) is 15.8 Å². The topological polar surface area (TPSA) is 81.2 Å². The van der Waals surface area contributed by atoms with E-state index >= 15 is 4.39 Å². The van der Waals surface area contributed by atoms with Crippen LogP contribution >= 0.6 is 0 Å². The number of anilines is 2. The van der Waals surface area contributed by atoms with Gasteiger partial charge in [-0.3, -0.25) is 9.69 Å². The van der Waals surface area contributed by atoms with Crippen LogP contribution in [-0.2, 0) is 22.7 Å². The van der Waals surface area contributed by atoms with E-state index in [0.717, 1.165) is 34.6 Å². The predicted octanol–water partition coefficient (Wildman–Crippen LogP) is 1.16. The average molecular weight is 429 g/mol. The van der Waals surface area contributed by atoms with Gasteiger partial charge in [-0.2, -0.15) is 0 Å². The molecule has 0 spiro atoms. The van der Waals surface area contributed by atoms with E-state index in [0.29, 0.717) is 51.5 Å². The molecule has 1 atom stereocenters. The first-order chi connectivity index (χ1) is 14.9. The molecule has 1 aromatic heterocycles. The summed E-state index contributed by atoms with van der Waals surface area (Å²) >= 11 is 0. The molecule has 2 aromatic rings. The number of rotatable bonds is 4. The van der Waals surface area contributed by atoms with Crippen molar-refractivity contribution < 1.29 is 19.0 Å². The average Bonchev–Trinajstić information content (AvgIpc) is 3.19. The summed E-state index contributed by atoms with van der Waals surface area (Å²) in [4.78, 5) is 22.9. The number of benzene rings is 1. The fourth-order valence-corrected chi connectivity index (χ4v) is 4.79. The van der Waals surface area contributed by atoms with Crippen LogP contribution in [0.25, 0.3) is 10.9 Å². The first-order valence-corrected chi connectivity index (χ1v) is 10.8. The van der Waals surface area contributed by atoms with E-state index in [1.807, 2.05) is 13.1 Å². The van der Waals surface area contributed by atoms with Gasteiger partial charge in [-0.15, -0.1) is 0 Å². The highest BCUT2D eigenvalue weighted by Crippen LogP contribution is 2.36. The number of hydrogen-bond donors (Lipinski definition) is 2. The summed E-state index contributed by atoms with van der Waals surface area (Å²) in [5, 5.41) is 13.4. The van der Waals surface area contributed by atoms with Gasteiger partial charge in [0.15, 0.2) is 5.82 Å². The number of nitrogens with one attached hydrogen (secondary N) is 1. The fourth-order valence-electron chi connectivity index (χ4n) is 4.79. The van der Waals surface area contributed by atoms with Crippen LogP contribution in [0, 0.1) is 5.82 Å². The standard InChI is InChI=1S/C22H28FN5O3/c1-13-7-27(4-3-26(13)10-20(30)28-8-15(29)9-28)14-5-16-21(24-2)17-11-31-12-19(17)25-22(16)18(23)6-14/h5-6,13,15,29H,3-4,7-12H2,1-2H3,(H,24,25)/t13-/m0/s1. The molecular formula is C22H28FN5O3. The van der Waals surface area contributed by atoms with Gasteiger partial charge in [0.25, 0.3) is 0 Å². The smallest absolute Gasteiger partial charge is 0.236 e. The fraction of sp³-hybridized carbons (Fsp3) is 0.545. The highest BCUT2D eigenvalue weighted by molar-refractivity contribution is 5.96. The lowest BCUT2D eigenvalue weighted by Crippen LogP contribution is -2.59. The van der Waals surface area contributed by atoms with Gasteiger partial charge in [-0.25, -0.2) is 9.37 Å². The number of piperazine rings is 1. The third kappa shape index (κ3) is 3.60. The Labute approximate surface area is 180 Å². The van der Waals surface area contributed by atoms with Crippen LogP contribution in [0.15, 0.2) is 12.1 Å². The van der Waals surface area contributed by atoms with Gasteiger partial charge in [0.1, 0.15) is 5.52 Å². The zero-order valence-electron chi connectivity index (χ0n) is 17.9. The maximum absolute atomic E-state index is 15.1. The van der Waals surface area contributed by atoms with Crippen molar-refractivity contribution in [3.63, 3.8) is 0 Å². The number of carbonyl (C=O) groups is 1. The number of pyridine rings is 1. The zero-order chi connectivity index (χ0) is 21.7. The van der Waals surface area contributed by atoms with Crippen molar-refractivity contribution in [2.75, 3.05) is 56.5 Å². The number of hydrogen-bond acceptors (Lipinski definition) is 7. The summed E-state index contributed by atoms with van der Waals surface area (Å²) < 4.78 is 20.6. The number of amides is 1. The maximum Gasteiger partial charge on any atom is 0.236 e. The molecular weight excluding hydrogens is 401 g/mol. The Morgan fingerprint density at radius 3 is 2.81 bits per heavy atom. The van der Waals surface area contributed by atoms with E-state index < -0.39 is 0 Å². The number of β-amino-alcohol motifs (C(OH)–C–C–N with tert-alkyl or cyclic N) is 1. The van der Waals surface area contributed by atoms with E-state index in [1.165, 1.54) is 0 Å². The van der Waals surface area contributed by atoms with Gasteiger partial charge in [-0.1, -0.05) is 0 Å². The molecule has 0 radical (unpaired) electrons. The lowest BCUT2D eigenvalue weighted by molar-refractivity contribution is -0.143. The molecule has 0 saturated carbocycles. The van der Waals surface area contributed by atoms with E-state index in [-0.39, 0.29) is 23.9 Å². The van der Waals surface area contributed by atoms with Crippen molar-refractivity contribution >= 4 is 28.2 Å². The number of aliphatic hydroxyl groups is 1. The lowest BCUT2D eigenvalue weighted by atomic mass is 10.0. The second-order valence-corrected chi connectivity index (χ2v) is 8.70. The molecule has 8 nitrogen and oxygen atoms in total. The van der Waals surface area contributed by atoms with Gasteiger partial charge in [-0.05, 0) is 19.1 Å². The van der Waals surface area contributed by atoms with Crippen LogP contribution in [0.5, 0.6) is 0 Å². The van der Waals surface area contributed by atoms with Gasteiger partial charge in [0.05, 0.1) is 37.2 Å². The van der Waals surface area contributed by atoms with Crippen molar-refractivity contribution in [2.24, 2.45) is 0 Å². The first kappa shape index (κ1) is 20.4. The molecule has 5 rings (SSSR count). The highest BCUT2D eigenvalue weighted by atomic mass is 19.1. The van der Waals surface area contributed by atoms with Crippen molar-refractivity contribution in [1.82, 2.24) is 14.8 Å². The second-order valence-electron chi connectivity index (χ2n) is 8.70. The molecule has 0 bridgehead atoms. The largest absolute Gasteiger partial charge is 0.389 e. The molecule has 1 aromatic carbocycles. The van der Waals surface area contributed by atoms with Crippen LogP contribution in [0.2, 0.25) is 0 Å². The van der Waals surface area contributed by atoms with Crippen LogP contribution in [-0.4, -0.2) is 84.3 Å². The van der Waals surface area contributed by atoms with Crippen molar-refractivity contribution in [3.05, 3.63) is 29.2 Å². The van der Waals surface area contributed by atoms with Gasteiger partial charge < -0.3 is 25.0 Å². The Kier molecular flexibility index (Phi) is 5.19. The summed E-state index contributed by atoms with van der Waals surface area (Å²) in [7, 11) is 1.84. The third-order valence-corrected chi connectivity index (χ3v) is 6.63. The molecule has 3 aliphatic heterocycles. The highest BCUT2D eigenvalue weighted by Gasteiger charge is 2.32. The Balaban J connectivity index is 1.35. The number of carbonyl (C=O) groups excluding carboxylic acids is 1. The number of likely N-dealkylation sites (tertiary alicyclic amines) is 1. The lowest BCUT2D eigenvalue weighted by Gasteiger charge is -2.43. The van der Waals surface area contributed by atoms with Crippen molar-refractivity contribution in [2.45, 2.75) is 32.3 Å². The molecule has 0 unspecified atom stereocenters. The summed E-state index contributed by atoms with van der Waals surface area (Å²) in [5.74, 6) is -0.275. The SMILES string of the molecule is CNc1c2c(nc3c(F)cc(N4CCN(CC(=O)N5CC(O)C5)[C@@H](C)C4)cc13)COC2. The minimum Gasteiger partial charge on any atom is -0.389 e. The summed E-state index contributed by atoms with van der Waals surface area (Å²) in [6.45, 7) is 6.34. The molecule has 3 aliphatic rings. The second kappa shape index (κ2) is 7.89. The minimum atomic E-state index is -0.384. The van der Waals surface area contributed by atoms with Gasteiger partial charge >= 0.3 is 0 Å². The number of fused-ring (bicyclic) bond motifs is 2. The number of halogens is 1. The first-order valence-electron chi connectivity index (χ1n) is 10.8. The molecule has 31 heavy (non-hydrogen) atoms. The van der Waals surface area contributed by atoms with E-state index in [2.05, 4.69) is 27.0 Å². The van der Waals surface area contributed by atoms with E-state index in [1.54, 1.807) is 11.0 Å². The van der Waals surface area contributed by atoms with Crippen molar-refractivity contribution in [3.8, 4) is 0 Å². The Hall–Kier alpha value is -2.49. The minimum absolute atomic E-state index is 0.0585. The number of aromatic nitrogens is 1. The van der Waals surface area contributed by atoms with Gasteiger partial charge in [0, 0.05) is 62.5 Å². The summed E-state index contributed by atoms with van der Waals surface area (Å²) in [6.07, 6.45) is -0.384. The number of nitrogens with zero attached hydrogens (tertiary/aromatic N) is 4. The summed E-state index contributed by atoms with van der Waals surface area (Å²) in [5.41, 5.74) is 3.87. The Bertz CT molecular complexity index is 1030. The van der Waals surface area contributed by atoms with E-state index in [9.17, 15) is 9.90 Å². The molecule has 2 N–H and O–H groups in total. The van der Waals surface area contributed by atoms with Crippen LogP contribution in [0.3, 0.4) is 0 Å². The molecule has 166 valence electrons. The monoisotopic (exact) mass is 429 g/mol.